The Morgan fingerprint density at radius 1 is 0.897 bits per heavy atom. The van der Waals surface area contributed by atoms with Crippen LogP contribution in [-0.4, -0.2) is 43.0 Å². The molecule has 1 saturated heterocycles. The number of hydrogen-bond acceptors (Lipinski definition) is 3. The third kappa shape index (κ3) is 6.02. The van der Waals surface area contributed by atoms with Gasteiger partial charge in [0.15, 0.2) is 0 Å². The normalized spacial score (nSPS) is 15.8. The number of likely N-dealkylation sites (tertiary alicyclic amines) is 1. The van der Waals surface area contributed by atoms with Crippen LogP contribution in [0.3, 0.4) is 0 Å². The molecule has 0 saturated carbocycles. The van der Waals surface area contributed by atoms with Crippen molar-refractivity contribution < 1.29 is 0 Å². The summed E-state index contributed by atoms with van der Waals surface area (Å²) in [5, 5.41) is 4.45. The molecule has 152 valence electrons. The molecule has 0 amide bonds. The van der Waals surface area contributed by atoms with E-state index in [9.17, 15) is 0 Å². The highest BCUT2D eigenvalue weighted by atomic mass is 32.1. The summed E-state index contributed by atoms with van der Waals surface area (Å²) in [6.45, 7) is 5.99. The van der Waals surface area contributed by atoms with Gasteiger partial charge in [-0.25, -0.2) is 0 Å². The van der Waals surface area contributed by atoms with Crippen LogP contribution in [-0.2, 0) is 13.0 Å². The highest BCUT2D eigenvalue weighted by Crippen LogP contribution is 2.21. The van der Waals surface area contributed by atoms with Crippen molar-refractivity contribution in [3.05, 3.63) is 82.6 Å². The Balaban J connectivity index is 1.18. The zero-order valence-corrected chi connectivity index (χ0v) is 18.3. The number of nitrogens with zero attached hydrogens (tertiary/aromatic N) is 2. The maximum Gasteiger partial charge on any atom is 0.0239 e. The lowest BCUT2D eigenvalue weighted by molar-refractivity contribution is 0.153. The second kappa shape index (κ2) is 10.2. The Morgan fingerprint density at radius 3 is 2.31 bits per heavy atom. The van der Waals surface area contributed by atoms with Crippen LogP contribution in [0.15, 0.2) is 71.4 Å². The first-order valence-corrected chi connectivity index (χ1v) is 11.8. The fourth-order valence-corrected chi connectivity index (χ4v) is 5.03. The summed E-state index contributed by atoms with van der Waals surface area (Å²) in [5.74, 6) is 0.847. The largest absolute Gasteiger partial charge is 0.303 e. The average molecular weight is 405 g/mol. The molecule has 2 aromatic carbocycles. The van der Waals surface area contributed by atoms with Crippen molar-refractivity contribution in [2.75, 3.05) is 33.2 Å². The minimum atomic E-state index is 0.847. The molecular formula is C26H32N2S. The van der Waals surface area contributed by atoms with Gasteiger partial charge in [-0.15, -0.1) is 0 Å². The van der Waals surface area contributed by atoms with Crippen molar-refractivity contribution in [3.63, 3.8) is 0 Å². The van der Waals surface area contributed by atoms with Crippen LogP contribution in [0.2, 0.25) is 0 Å². The van der Waals surface area contributed by atoms with E-state index < -0.39 is 0 Å². The molecule has 2 nitrogen and oxygen atoms in total. The zero-order valence-electron chi connectivity index (χ0n) is 17.5. The van der Waals surface area contributed by atoms with Crippen LogP contribution in [0.4, 0.5) is 0 Å². The van der Waals surface area contributed by atoms with E-state index in [2.05, 4.69) is 88.3 Å². The van der Waals surface area contributed by atoms with Gasteiger partial charge >= 0.3 is 0 Å². The van der Waals surface area contributed by atoms with Gasteiger partial charge in [0.2, 0.25) is 0 Å². The Hall–Kier alpha value is -1.94. The van der Waals surface area contributed by atoms with Gasteiger partial charge in [0.25, 0.3) is 0 Å². The van der Waals surface area contributed by atoms with E-state index >= 15 is 0 Å². The third-order valence-electron chi connectivity index (χ3n) is 6.09. The molecule has 0 aliphatic carbocycles. The van der Waals surface area contributed by atoms with E-state index in [0.717, 1.165) is 18.9 Å². The molecule has 3 aromatic rings. The second-order valence-corrected chi connectivity index (χ2v) is 9.21. The lowest BCUT2D eigenvalue weighted by Gasteiger charge is -2.34. The number of thiophene rings is 1. The molecule has 0 atom stereocenters. The molecular weight excluding hydrogens is 372 g/mol. The fraction of sp³-hybridized carbons (Fsp3) is 0.385. The zero-order chi connectivity index (χ0) is 19.9. The second-order valence-electron chi connectivity index (χ2n) is 8.43. The molecule has 0 spiro atoms. The third-order valence-corrected chi connectivity index (χ3v) is 6.82. The quantitative estimate of drug-likeness (QED) is 0.468. The van der Waals surface area contributed by atoms with E-state index in [0.29, 0.717) is 0 Å². The van der Waals surface area contributed by atoms with Crippen molar-refractivity contribution in [1.29, 1.82) is 0 Å². The molecule has 1 aliphatic rings. The summed E-state index contributed by atoms with van der Waals surface area (Å²) >= 11 is 1.80. The van der Waals surface area contributed by atoms with E-state index in [-0.39, 0.29) is 0 Å². The van der Waals surface area contributed by atoms with Crippen LogP contribution in [0.5, 0.6) is 0 Å². The van der Waals surface area contributed by atoms with Crippen molar-refractivity contribution in [2.45, 2.75) is 25.8 Å². The van der Waals surface area contributed by atoms with Crippen molar-refractivity contribution in [1.82, 2.24) is 9.80 Å². The molecule has 1 fully saturated rings. The number of benzene rings is 2. The van der Waals surface area contributed by atoms with E-state index in [1.54, 1.807) is 11.3 Å². The summed E-state index contributed by atoms with van der Waals surface area (Å²) in [6.07, 6.45) is 3.82. The monoisotopic (exact) mass is 404 g/mol. The van der Waals surface area contributed by atoms with Crippen LogP contribution >= 0.6 is 11.3 Å². The van der Waals surface area contributed by atoms with Crippen molar-refractivity contribution in [3.8, 4) is 11.1 Å². The molecule has 0 unspecified atom stereocenters. The van der Waals surface area contributed by atoms with Crippen molar-refractivity contribution >= 4 is 11.3 Å². The molecule has 1 aliphatic heterocycles. The van der Waals surface area contributed by atoms with Gasteiger partial charge in [-0.1, -0.05) is 54.6 Å². The maximum atomic E-state index is 2.65. The topological polar surface area (TPSA) is 6.48 Å². The van der Waals surface area contributed by atoms with Gasteiger partial charge in [0.05, 0.1) is 0 Å². The summed E-state index contributed by atoms with van der Waals surface area (Å²) in [7, 11) is 2.27. The van der Waals surface area contributed by atoms with Gasteiger partial charge < -0.3 is 9.80 Å². The highest BCUT2D eigenvalue weighted by molar-refractivity contribution is 7.07. The van der Waals surface area contributed by atoms with E-state index in [4.69, 9.17) is 0 Å². The first kappa shape index (κ1) is 20.3. The predicted octanol–water partition coefficient (Wildman–Crippen LogP) is 5.80. The summed E-state index contributed by atoms with van der Waals surface area (Å²) in [4.78, 5) is 5.15. The van der Waals surface area contributed by atoms with Gasteiger partial charge in [-0.3, -0.25) is 0 Å². The minimum Gasteiger partial charge on any atom is -0.303 e. The van der Waals surface area contributed by atoms with E-state index in [1.165, 1.54) is 61.3 Å². The Kier molecular flexibility index (Phi) is 7.15. The molecule has 3 heteroatoms. The van der Waals surface area contributed by atoms with Crippen LogP contribution in [0.1, 0.15) is 24.0 Å². The number of rotatable bonds is 8. The molecule has 4 rings (SSSR count). The summed E-state index contributed by atoms with van der Waals surface area (Å²) in [6, 6.07) is 22.0. The Morgan fingerprint density at radius 2 is 1.62 bits per heavy atom. The lowest BCUT2D eigenvalue weighted by Crippen LogP contribution is -2.38. The van der Waals surface area contributed by atoms with Gasteiger partial charge in [-0.2, -0.15) is 11.3 Å². The molecule has 0 bridgehead atoms. The number of piperidine rings is 1. The van der Waals surface area contributed by atoms with E-state index in [1.807, 2.05) is 0 Å². The smallest absolute Gasteiger partial charge is 0.0239 e. The molecule has 0 radical (unpaired) electrons. The maximum absolute atomic E-state index is 2.65. The highest BCUT2D eigenvalue weighted by Gasteiger charge is 2.20. The molecule has 29 heavy (non-hydrogen) atoms. The standard InChI is InChI=1S/C26H32N2S/c1-27(20-24-14-18-29-21-24)19-23-12-16-28(17-13-23)15-11-22-7-9-26(10-8-22)25-5-3-2-4-6-25/h2-10,14,18,21,23H,11-13,15-17,19-20H2,1H3. The van der Waals surface area contributed by atoms with Crippen LogP contribution in [0, 0.1) is 5.92 Å². The Labute approximate surface area is 179 Å². The lowest BCUT2D eigenvalue weighted by atomic mass is 9.95. The molecule has 1 aromatic heterocycles. The number of hydrogen-bond donors (Lipinski definition) is 0. The first-order valence-electron chi connectivity index (χ1n) is 10.8. The van der Waals surface area contributed by atoms with Crippen molar-refractivity contribution in [2.24, 2.45) is 5.92 Å². The van der Waals surface area contributed by atoms with Gasteiger partial charge in [0.1, 0.15) is 0 Å². The minimum absolute atomic E-state index is 0.847. The van der Waals surface area contributed by atoms with Crippen LogP contribution in [0.25, 0.3) is 11.1 Å². The molecule has 2 heterocycles. The van der Waals surface area contributed by atoms with Gasteiger partial charge in [-0.05, 0) is 84.4 Å². The summed E-state index contributed by atoms with van der Waals surface area (Å²) in [5.41, 5.74) is 5.50. The first-order chi connectivity index (χ1) is 14.3. The SMILES string of the molecule is CN(Cc1ccsc1)CC1CCN(CCc2ccc(-c3ccccc3)cc2)CC1. The average Bonchev–Trinajstić information content (AvgIpc) is 3.27. The fourth-order valence-electron chi connectivity index (χ4n) is 4.37. The Bertz CT molecular complexity index is 834. The molecule has 0 N–H and O–H groups in total. The predicted molar refractivity (Wildman–Crippen MR) is 125 cm³/mol. The van der Waals surface area contributed by atoms with Gasteiger partial charge in [0, 0.05) is 19.6 Å². The summed E-state index contributed by atoms with van der Waals surface area (Å²) < 4.78 is 0. The van der Waals surface area contributed by atoms with Crippen LogP contribution < -0.4 is 0 Å².